The van der Waals surface area contributed by atoms with Gasteiger partial charge in [0.05, 0.1) is 15.6 Å². The Labute approximate surface area is 87.2 Å². The third-order valence-electron chi connectivity index (χ3n) is 1.29. The lowest BCUT2D eigenvalue weighted by Crippen LogP contribution is -1.96. The SMILES string of the molecule is CCOc1c(Br)ccc(Br)c1F. The van der Waals surface area contributed by atoms with Crippen LogP contribution in [0.5, 0.6) is 5.75 Å². The average Bonchev–Trinajstić information content (AvgIpc) is 2.06. The third-order valence-corrected chi connectivity index (χ3v) is 2.53. The van der Waals surface area contributed by atoms with E-state index in [9.17, 15) is 4.39 Å². The molecule has 1 nitrogen and oxygen atoms in total. The summed E-state index contributed by atoms with van der Waals surface area (Å²) in [6.07, 6.45) is 0. The molecule has 0 saturated heterocycles. The van der Waals surface area contributed by atoms with Crippen LogP contribution in [0, 0.1) is 5.82 Å². The molecule has 0 N–H and O–H groups in total. The van der Waals surface area contributed by atoms with Gasteiger partial charge in [0.25, 0.3) is 0 Å². The molecule has 0 bridgehead atoms. The van der Waals surface area contributed by atoms with Crippen molar-refractivity contribution >= 4 is 31.9 Å². The van der Waals surface area contributed by atoms with Crippen molar-refractivity contribution in [2.24, 2.45) is 0 Å². The predicted molar refractivity (Wildman–Crippen MR) is 53.0 cm³/mol. The fraction of sp³-hybridized carbons (Fsp3) is 0.250. The van der Waals surface area contributed by atoms with Gasteiger partial charge in [-0.25, -0.2) is 4.39 Å². The molecular formula is C8H7Br2FO. The monoisotopic (exact) mass is 296 g/mol. The lowest BCUT2D eigenvalue weighted by atomic mass is 10.3. The van der Waals surface area contributed by atoms with Gasteiger partial charge in [-0.05, 0) is 50.9 Å². The Balaban J connectivity index is 3.14. The maximum atomic E-state index is 13.2. The summed E-state index contributed by atoms with van der Waals surface area (Å²) in [5, 5.41) is 0. The molecule has 0 aliphatic carbocycles. The summed E-state index contributed by atoms with van der Waals surface area (Å²) in [4.78, 5) is 0. The van der Waals surface area contributed by atoms with E-state index in [0.717, 1.165) is 0 Å². The summed E-state index contributed by atoms with van der Waals surface area (Å²) in [6.45, 7) is 2.26. The smallest absolute Gasteiger partial charge is 0.180 e. The molecule has 12 heavy (non-hydrogen) atoms. The molecule has 0 radical (unpaired) electrons. The van der Waals surface area contributed by atoms with Crippen molar-refractivity contribution < 1.29 is 9.13 Å². The fourth-order valence-corrected chi connectivity index (χ4v) is 1.52. The molecule has 66 valence electrons. The van der Waals surface area contributed by atoms with E-state index in [1.165, 1.54) is 0 Å². The average molecular weight is 298 g/mol. The predicted octanol–water partition coefficient (Wildman–Crippen LogP) is 3.75. The van der Waals surface area contributed by atoms with E-state index in [4.69, 9.17) is 4.74 Å². The highest BCUT2D eigenvalue weighted by molar-refractivity contribution is 9.11. The van der Waals surface area contributed by atoms with Crippen LogP contribution in [0.3, 0.4) is 0 Å². The van der Waals surface area contributed by atoms with Crippen molar-refractivity contribution in [1.29, 1.82) is 0 Å². The molecule has 0 aromatic heterocycles. The van der Waals surface area contributed by atoms with E-state index in [1.807, 2.05) is 6.92 Å². The van der Waals surface area contributed by atoms with Crippen molar-refractivity contribution in [1.82, 2.24) is 0 Å². The maximum Gasteiger partial charge on any atom is 0.180 e. The van der Waals surface area contributed by atoms with Gasteiger partial charge >= 0.3 is 0 Å². The summed E-state index contributed by atoms with van der Waals surface area (Å²) in [6, 6.07) is 3.36. The molecule has 0 amide bonds. The lowest BCUT2D eigenvalue weighted by molar-refractivity contribution is 0.318. The highest BCUT2D eigenvalue weighted by atomic mass is 79.9. The van der Waals surface area contributed by atoms with Crippen molar-refractivity contribution in [2.45, 2.75) is 6.92 Å². The van der Waals surface area contributed by atoms with Crippen LogP contribution in [-0.4, -0.2) is 6.61 Å². The second-order valence-electron chi connectivity index (χ2n) is 2.11. The van der Waals surface area contributed by atoms with Gasteiger partial charge in [-0.1, -0.05) is 0 Å². The molecule has 0 aliphatic heterocycles. The van der Waals surface area contributed by atoms with Crippen molar-refractivity contribution in [2.75, 3.05) is 6.61 Å². The molecule has 0 aliphatic rings. The molecule has 1 rings (SSSR count). The summed E-state index contributed by atoms with van der Waals surface area (Å²) in [7, 11) is 0. The van der Waals surface area contributed by atoms with Crippen LogP contribution in [0.2, 0.25) is 0 Å². The highest BCUT2D eigenvalue weighted by Crippen LogP contribution is 2.32. The highest BCUT2D eigenvalue weighted by Gasteiger charge is 2.10. The van der Waals surface area contributed by atoms with Crippen molar-refractivity contribution in [3.8, 4) is 5.75 Å². The summed E-state index contributed by atoms with van der Waals surface area (Å²) >= 11 is 6.27. The summed E-state index contributed by atoms with van der Waals surface area (Å²) in [5.74, 6) is -0.113. The normalized spacial score (nSPS) is 10.0. The Kier molecular flexibility index (Phi) is 3.53. The first-order valence-electron chi connectivity index (χ1n) is 3.43. The minimum atomic E-state index is -0.369. The topological polar surface area (TPSA) is 9.23 Å². The Morgan fingerprint density at radius 3 is 2.50 bits per heavy atom. The van der Waals surface area contributed by atoms with Gasteiger partial charge in [-0.2, -0.15) is 0 Å². The number of halogens is 3. The zero-order valence-electron chi connectivity index (χ0n) is 6.40. The molecule has 0 unspecified atom stereocenters. The molecular weight excluding hydrogens is 291 g/mol. The quantitative estimate of drug-likeness (QED) is 0.756. The Morgan fingerprint density at radius 2 is 1.92 bits per heavy atom. The number of benzene rings is 1. The minimum Gasteiger partial charge on any atom is -0.490 e. The van der Waals surface area contributed by atoms with Crippen LogP contribution in [0.25, 0.3) is 0 Å². The van der Waals surface area contributed by atoms with Gasteiger partial charge in [0.2, 0.25) is 0 Å². The van der Waals surface area contributed by atoms with Gasteiger partial charge in [0.1, 0.15) is 0 Å². The summed E-state index contributed by atoms with van der Waals surface area (Å²) < 4.78 is 19.4. The Bertz CT molecular complexity index is 289. The van der Waals surface area contributed by atoms with Crippen LogP contribution < -0.4 is 4.74 Å². The number of rotatable bonds is 2. The van der Waals surface area contributed by atoms with E-state index >= 15 is 0 Å². The van der Waals surface area contributed by atoms with Gasteiger partial charge in [-0.15, -0.1) is 0 Å². The zero-order chi connectivity index (χ0) is 9.14. The van der Waals surface area contributed by atoms with Gasteiger partial charge in [-0.3, -0.25) is 0 Å². The van der Waals surface area contributed by atoms with Gasteiger partial charge < -0.3 is 4.74 Å². The molecule has 0 atom stereocenters. The Morgan fingerprint density at radius 1 is 1.33 bits per heavy atom. The van der Waals surface area contributed by atoms with E-state index in [2.05, 4.69) is 31.9 Å². The van der Waals surface area contributed by atoms with E-state index in [0.29, 0.717) is 15.6 Å². The second kappa shape index (κ2) is 4.23. The van der Waals surface area contributed by atoms with Crippen LogP contribution in [0.1, 0.15) is 6.92 Å². The lowest BCUT2D eigenvalue weighted by Gasteiger charge is -2.07. The zero-order valence-corrected chi connectivity index (χ0v) is 9.58. The van der Waals surface area contributed by atoms with E-state index in [1.54, 1.807) is 12.1 Å². The van der Waals surface area contributed by atoms with E-state index in [-0.39, 0.29) is 11.6 Å². The minimum absolute atomic E-state index is 0.256. The third kappa shape index (κ3) is 1.98. The molecule has 0 heterocycles. The number of hydrogen-bond donors (Lipinski definition) is 0. The maximum absolute atomic E-state index is 13.2. The first kappa shape index (κ1) is 9.99. The van der Waals surface area contributed by atoms with Crippen LogP contribution in [0.4, 0.5) is 4.39 Å². The van der Waals surface area contributed by atoms with E-state index < -0.39 is 0 Å². The van der Waals surface area contributed by atoms with Crippen LogP contribution in [-0.2, 0) is 0 Å². The van der Waals surface area contributed by atoms with Crippen molar-refractivity contribution in [3.05, 3.63) is 26.9 Å². The standard InChI is InChI=1S/C8H7Br2FO/c1-2-12-8-6(10)4-3-5(9)7(8)11/h3-4H,2H2,1H3. The largest absolute Gasteiger partial charge is 0.490 e. The van der Waals surface area contributed by atoms with Crippen LogP contribution >= 0.6 is 31.9 Å². The molecule has 1 aromatic carbocycles. The molecule has 1 aromatic rings. The van der Waals surface area contributed by atoms with Gasteiger partial charge in [0.15, 0.2) is 11.6 Å². The van der Waals surface area contributed by atoms with Gasteiger partial charge in [0, 0.05) is 0 Å². The van der Waals surface area contributed by atoms with Crippen LogP contribution in [0.15, 0.2) is 21.1 Å². The van der Waals surface area contributed by atoms with Crippen molar-refractivity contribution in [3.63, 3.8) is 0 Å². The second-order valence-corrected chi connectivity index (χ2v) is 3.81. The molecule has 0 saturated carbocycles. The first-order valence-corrected chi connectivity index (χ1v) is 5.01. The molecule has 0 spiro atoms. The first-order chi connectivity index (χ1) is 5.66. The number of hydrogen-bond acceptors (Lipinski definition) is 1. The Hall–Kier alpha value is -0.0900. The number of ether oxygens (including phenoxy) is 1. The fourth-order valence-electron chi connectivity index (χ4n) is 0.785. The molecule has 4 heteroatoms. The molecule has 0 fully saturated rings. The summed E-state index contributed by atoms with van der Waals surface area (Å²) in [5.41, 5.74) is 0.